The number of carbonyl (C=O) groups is 1. The minimum atomic E-state index is -1.40. The maximum atomic E-state index is 11.7. The van der Waals surface area contributed by atoms with Crippen LogP contribution in [-0.2, 0) is 9.53 Å². The number of esters is 1. The number of hydrogen-bond acceptors (Lipinski definition) is 6. The van der Waals surface area contributed by atoms with E-state index in [9.17, 15) is 20.1 Å². The molecular weight excluding hydrogens is 276 g/mol. The van der Waals surface area contributed by atoms with E-state index in [0.29, 0.717) is 0 Å². The van der Waals surface area contributed by atoms with Crippen molar-refractivity contribution in [2.45, 2.75) is 76.3 Å². The van der Waals surface area contributed by atoms with Crippen LogP contribution < -0.4 is 0 Å². The summed E-state index contributed by atoms with van der Waals surface area (Å²) in [4.78, 5) is 11.7. The smallest absolute Gasteiger partial charge is 0.306 e. The Labute approximate surface area is 125 Å². The van der Waals surface area contributed by atoms with Crippen molar-refractivity contribution in [1.82, 2.24) is 0 Å². The molecule has 0 radical (unpaired) electrons. The first-order valence-corrected chi connectivity index (χ1v) is 7.85. The second kappa shape index (κ2) is 9.35. The normalized spacial score (nSPS) is 32.9. The van der Waals surface area contributed by atoms with Crippen molar-refractivity contribution in [1.29, 1.82) is 0 Å². The van der Waals surface area contributed by atoms with Crippen LogP contribution in [0.3, 0.4) is 0 Å². The molecule has 4 unspecified atom stereocenters. The summed E-state index contributed by atoms with van der Waals surface area (Å²) in [5.74, 6) is -0.999. The van der Waals surface area contributed by atoms with E-state index in [2.05, 4.69) is 6.92 Å². The maximum Gasteiger partial charge on any atom is 0.306 e. The van der Waals surface area contributed by atoms with E-state index in [1.165, 1.54) is 0 Å². The molecule has 0 aromatic carbocycles. The predicted molar refractivity (Wildman–Crippen MR) is 76.5 cm³/mol. The van der Waals surface area contributed by atoms with Crippen molar-refractivity contribution in [3.63, 3.8) is 0 Å². The summed E-state index contributed by atoms with van der Waals surface area (Å²) in [6, 6.07) is 0. The molecule has 1 aliphatic carbocycles. The molecule has 4 N–H and O–H groups in total. The summed E-state index contributed by atoms with van der Waals surface area (Å²) < 4.78 is 5.19. The SMILES string of the molecule is CCCCCCCC(=O)OC1CC(CO)[C@H](O)C(O)C1O. The summed E-state index contributed by atoms with van der Waals surface area (Å²) in [6.07, 6.45) is 0.746. The lowest BCUT2D eigenvalue weighted by Gasteiger charge is -2.39. The fourth-order valence-corrected chi connectivity index (χ4v) is 2.68. The minimum absolute atomic E-state index is 0.150. The molecule has 0 saturated heterocycles. The lowest BCUT2D eigenvalue weighted by Crippen LogP contribution is -2.55. The lowest BCUT2D eigenvalue weighted by molar-refractivity contribution is -0.188. The highest BCUT2D eigenvalue weighted by Gasteiger charge is 2.44. The van der Waals surface area contributed by atoms with Crippen molar-refractivity contribution in [2.75, 3.05) is 6.61 Å². The number of ether oxygens (including phenoxy) is 1. The van der Waals surface area contributed by atoms with Crippen molar-refractivity contribution in [2.24, 2.45) is 5.92 Å². The average molecular weight is 304 g/mol. The molecule has 6 heteroatoms. The Kier molecular flexibility index (Phi) is 8.18. The fourth-order valence-electron chi connectivity index (χ4n) is 2.68. The number of carbonyl (C=O) groups excluding carboxylic acids is 1. The molecule has 0 heterocycles. The first-order valence-electron chi connectivity index (χ1n) is 7.85. The molecular formula is C15H28O6. The van der Waals surface area contributed by atoms with Gasteiger partial charge in [-0.05, 0) is 12.8 Å². The quantitative estimate of drug-likeness (QED) is 0.381. The summed E-state index contributed by atoms with van der Waals surface area (Å²) in [5.41, 5.74) is 0. The lowest BCUT2D eigenvalue weighted by atomic mass is 9.81. The van der Waals surface area contributed by atoms with Crippen LogP contribution in [0, 0.1) is 5.92 Å². The van der Waals surface area contributed by atoms with Gasteiger partial charge in [0, 0.05) is 18.9 Å². The van der Waals surface area contributed by atoms with Gasteiger partial charge in [-0.25, -0.2) is 0 Å². The third-order valence-electron chi connectivity index (χ3n) is 4.10. The van der Waals surface area contributed by atoms with Gasteiger partial charge in [-0.1, -0.05) is 32.6 Å². The second-order valence-corrected chi connectivity index (χ2v) is 5.84. The molecule has 5 atom stereocenters. The van der Waals surface area contributed by atoms with E-state index >= 15 is 0 Å². The third-order valence-corrected chi connectivity index (χ3v) is 4.10. The molecule has 6 nitrogen and oxygen atoms in total. The van der Waals surface area contributed by atoms with Crippen molar-refractivity contribution < 1.29 is 30.0 Å². The van der Waals surface area contributed by atoms with Gasteiger partial charge in [0.1, 0.15) is 18.3 Å². The zero-order valence-electron chi connectivity index (χ0n) is 12.6. The Morgan fingerprint density at radius 1 is 1.05 bits per heavy atom. The van der Waals surface area contributed by atoms with Gasteiger partial charge in [0.25, 0.3) is 0 Å². The Bertz CT molecular complexity index is 307. The van der Waals surface area contributed by atoms with Crippen LogP contribution in [0.4, 0.5) is 0 Å². The van der Waals surface area contributed by atoms with Gasteiger partial charge < -0.3 is 25.2 Å². The Balaban J connectivity index is 2.36. The van der Waals surface area contributed by atoms with Gasteiger partial charge >= 0.3 is 5.97 Å². The Morgan fingerprint density at radius 3 is 2.33 bits per heavy atom. The minimum Gasteiger partial charge on any atom is -0.459 e. The van der Waals surface area contributed by atoms with Crippen molar-refractivity contribution in [3.05, 3.63) is 0 Å². The van der Waals surface area contributed by atoms with Crippen LogP contribution in [0.2, 0.25) is 0 Å². The van der Waals surface area contributed by atoms with Gasteiger partial charge in [-0.3, -0.25) is 4.79 Å². The molecule has 0 aliphatic heterocycles. The molecule has 1 saturated carbocycles. The van der Waals surface area contributed by atoms with E-state index in [1.54, 1.807) is 0 Å². The van der Waals surface area contributed by atoms with Gasteiger partial charge in [-0.15, -0.1) is 0 Å². The molecule has 1 rings (SSSR count). The van der Waals surface area contributed by atoms with E-state index in [1.807, 2.05) is 0 Å². The maximum absolute atomic E-state index is 11.7. The molecule has 124 valence electrons. The van der Waals surface area contributed by atoms with E-state index < -0.39 is 36.3 Å². The molecule has 1 aliphatic rings. The first-order chi connectivity index (χ1) is 10.0. The monoisotopic (exact) mass is 304 g/mol. The summed E-state index contributed by atoms with van der Waals surface area (Å²) in [6.45, 7) is 1.80. The number of aliphatic hydroxyl groups is 4. The van der Waals surface area contributed by atoms with Crippen LogP contribution in [0.25, 0.3) is 0 Å². The highest BCUT2D eigenvalue weighted by Crippen LogP contribution is 2.28. The molecule has 0 aromatic heterocycles. The molecule has 0 aromatic rings. The van der Waals surface area contributed by atoms with Crippen molar-refractivity contribution >= 4 is 5.97 Å². The molecule has 1 fully saturated rings. The van der Waals surface area contributed by atoms with E-state index in [4.69, 9.17) is 9.84 Å². The average Bonchev–Trinajstić information content (AvgIpc) is 2.47. The number of hydrogen-bond donors (Lipinski definition) is 4. The zero-order chi connectivity index (χ0) is 15.8. The van der Waals surface area contributed by atoms with Gasteiger partial charge in [0.05, 0.1) is 6.10 Å². The Morgan fingerprint density at radius 2 is 1.71 bits per heavy atom. The largest absolute Gasteiger partial charge is 0.459 e. The molecule has 0 amide bonds. The number of aliphatic hydroxyl groups excluding tert-OH is 4. The Hall–Kier alpha value is -0.690. The predicted octanol–water partition coefficient (Wildman–Crippen LogP) is 0.354. The van der Waals surface area contributed by atoms with E-state index in [0.717, 1.165) is 32.1 Å². The van der Waals surface area contributed by atoms with E-state index in [-0.39, 0.29) is 19.4 Å². The highest BCUT2D eigenvalue weighted by molar-refractivity contribution is 5.69. The van der Waals surface area contributed by atoms with Crippen LogP contribution in [0.15, 0.2) is 0 Å². The van der Waals surface area contributed by atoms with Gasteiger partial charge in [0.15, 0.2) is 0 Å². The van der Waals surface area contributed by atoms with Crippen molar-refractivity contribution in [3.8, 4) is 0 Å². The van der Waals surface area contributed by atoms with Crippen LogP contribution in [0.1, 0.15) is 51.9 Å². The first kappa shape index (κ1) is 18.4. The summed E-state index contributed by atoms with van der Waals surface area (Å²) in [7, 11) is 0. The van der Waals surface area contributed by atoms with Crippen LogP contribution in [0.5, 0.6) is 0 Å². The number of rotatable bonds is 8. The van der Waals surface area contributed by atoms with Gasteiger partial charge in [-0.2, -0.15) is 0 Å². The molecule has 0 bridgehead atoms. The zero-order valence-corrected chi connectivity index (χ0v) is 12.6. The second-order valence-electron chi connectivity index (χ2n) is 5.84. The molecule has 0 spiro atoms. The van der Waals surface area contributed by atoms with Crippen LogP contribution in [-0.4, -0.2) is 57.4 Å². The standard InChI is InChI=1S/C15H28O6/c1-2-3-4-5-6-7-12(17)21-11-8-10(9-16)13(18)15(20)14(11)19/h10-11,13-16,18-20H,2-9H2,1H3/t10?,11?,13-,14?,15?/m0/s1. The summed E-state index contributed by atoms with van der Waals surface area (Å²) >= 11 is 0. The number of unbranched alkanes of at least 4 members (excludes halogenated alkanes) is 4. The highest BCUT2D eigenvalue weighted by atomic mass is 16.6. The molecule has 21 heavy (non-hydrogen) atoms. The topological polar surface area (TPSA) is 107 Å². The fraction of sp³-hybridized carbons (Fsp3) is 0.933. The van der Waals surface area contributed by atoms with Gasteiger partial charge in [0.2, 0.25) is 0 Å². The van der Waals surface area contributed by atoms with Crippen LogP contribution >= 0.6 is 0 Å². The third kappa shape index (κ3) is 5.54. The summed E-state index contributed by atoms with van der Waals surface area (Å²) in [5, 5.41) is 38.4.